The molecule has 5 nitrogen and oxygen atoms in total. The van der Waals surface area contributed by atoms with Gasteiger partial charge in [0.2, 0.25) is 5.91 Å². The molecule has 1 fully saturated rings. The molecular formula is C19H22N2O3. The minimum absolute atomic E-state index is 0.0997. The average molecular weight is 326 g/mol. The second kappa shape index (κ2) is 8.36. The van der Waals surface area contributed by atoms with Gasteiger partial charge >= 0.3 is 0 Å². The largest absolute Gasteiger partial charge is 0.489 e. The molecule has 1 aliphatic rings. The van der Waals surface area contributed by atoms with Crippen LogP contribution < -0.4 is 10.1 Å². The van der Waals surface area contributed by atoms with Crippen molar-refractivity contribution in [2.45, 2.75) is 6.61 Å². The summed E-state index contributed by atoms with van der Waals surface area (Å²) in [7, 11) is 0. The summed E-state index contributed by atoms with van der Waals surface area (Å²) in [6.07, 6.45) is 0. The molecule has 1 amide bonds. The van der Waals surface area contributed by atoms with Gasteiger partial charge in [0.15, 0.2) is 0 Å². The summed E-state index contributed by atoms with van der Waals surface area (Å²) < 4.78 is 11.0. The van der Waals surface area contributed by atoms with Crippen molar-refractivity contribution in [3.63, 3.8) is 0 Å². The van der Waals surface area contributed by atoms with Crippen molar-refractivity contribution in [3.05, 3.63) is 60.2 Å². The smallest absolute Gasteiger partial charge is 0.242 e. The molecule has 0 atom stereocenters. The quantitative estimate of drug-likeness (QED) is 0.886. The lowest BCUT2D eigenvalue weighted by Crippen LogP contribution is -2.43. The summed E-state index contributed by atoms with van der Waals surface area (Å²) in [6.45, 7) is 3.44. The third-order valence-corrected chi connectivity index (χ3v) is 3.91. The first-order valence-electron chi connectivity index (χ1n) is 8.17. The van der Waals surface area contributed by atoms with Gasteiger partial charge in [-0.2, -0.15) is 0 Å². The standard InChI is InChI=1S/C19H22N2O3/c22-19(21-10-12-23-13-11-21)14-20-17-6-8-18(9-7-17)24-15-16-4-2-1-3-5-16/h1-9,20H,10-15H2. The van der Waals surface area contributed by atoms with Crippen molar-refractivity contribution in [1.82, 2.24) is 4.90 Å². The Kier molecular flexibility index (Phi) is 5.69. The van der Waals surface area contributed by atoms with E-state index in [1.54, 1.807) is 0 Å². The van der Waals surface area contributed by atoms with Gasteiger partial charge in [-0.3, -0.25) is 4.79 Å². The second-order valence-corrected chi connectivity index (χ2v) is 5.65. The Morgan fingerprint density at radius 3 is 2.46 bits per heavy atom. The topological polar surface area (TPSA) is 50.8 Å². The molecule has 1 aliphatic heterocycles. The summed E-state index contributed by atoms with van der Waals surface area (Å²) in [5.74, 6) is 0.909. The minimum Gasteiger partial charge on any atom is -0.489 e. The van der Waals surface area contributed by atoms with Gasteiger partial charge in [-0.15, -0.1) is 0 Å². The molecule has 3 rings (SSSR count). The molecule has 1 N–H and O–H groups in total. The lowest BCUT2D eigenvalue weighted by molar-refractivity contribution is -0.133. The number of hydrogen-bond donors (Lipinski definition) is 1. The van der Waals surface area contributed by atoms with Crippen molar-refractivity contribution in [2.24, 2.45) is 0 Å². The van der Waals surface area contributed by atoms with Gasteiger partial charge in [0.05, 0.1) is 19.8 Å². The lowest BCUT2D eigenvalue weighted by Gasteiger charge is -2.27. The Bertz CT molecular complexity index is 637. The van der Waals surface area contributed by atoms with E-state index < -0.39 is 0 Å². The Balaban J connectivity index is 1.45. The van der Waals surface area contributed by atoms with Crippen LogP contribution in [0.4, 0.5) is 5.69 Å². The van der Waals surface area contributed by atoms with E-state index in [1.807, 2.05) is 59.5 Å². The van der Waals surface area contributed by atoms with E-state index in [0.717, 1.165) is 17.0 Å². The molecule has 0 bridgehead atoms. The summed E-state index contributed by atoms with van der Waals surface area (Å²) >= 11 is 0. The minimum atomic E-state index is 0.0997. The number of benzene rings is 2. The number of carbonyl (C=O) groups is 1. The highest BCUT2D eigenvalue weighted by Gasteiger charge is 2.16. The third kappa shape index (κ3) is 4.73. The van der Waals surface area contributed by atoms with Crippen LogP contribution in [0, 0.1) is 0 Å². The van der Waals surface area contributed by atoms with Gasteiger partial charge < -0.3 is 19.7 Å². The number of hydrogen-bond acceptors (Lipinski definition) is 4. The lowest BCUT2D eigenvalue weighted by atomic mass is 10.2. The highest BCUT2D eigenvalue weighted by atomic mass is 16.5. The second-order valence-electron chi connectivity index (χ2n) is 5.65. The first-order valence-corrected chi connectivity index (χ1v) is 8.17. The maximum Gasteiger partial charge on any atom is 0.242 e. The zero-order valence-electron chi connectivity index (χ0n) is 13.6. The monoisotopic (exact) mass is 326 g/mol. The third-order valence-electron chi connectivity index (χ3n) is 3.91. The molecule has 2 aromatic carbocycles. The van der Waals surface area contributed by atoms with Crippen LogP contribution in [-0.4, -0.2) is 43.7 Å². The summed E-state index contributed by atoms with van der Waals surface area (Å²) in [5.41, 5.74) is 2.04. The van der Waals surface area contributed by atoms with Crippen LogP contribution in [0.3, 0.4) is 0 Å². The molecule has 1 heterocycles. The van der Waals surface area contributed by atoms with Crippen LogP contribution in [0.2, 0.25) is 0 Å². The van der Waals surface area contributed by atoms with E-state index in [-0.39, 0.29) is 5.91 Å². The molecule has 0 aromatic heterocycles. The Morgan fingerprint density at radius 2 is 1.75 bits per heavy atom. The number of amides is 1. The first kappa shape index (κ1) is 16.3. The number of carbonyl (C=O) groups excluding carboxylic acids is 1. The molecule has 24 heavy (non-hydrogen) atoms. The maximum absolute atomic E-state index is 12.1. The number of anilines is 1. The van der Waals surface area contributed by atoms with Crippen LogP contribution in [-0.2, 0) is 16.1 Å². The number of nitrogens with zero attached hydrogens (tertiary/aromatic N) is 1. The SMILES string of the molecule is O=C(CNc1ccc(OCc2ccccc2)cc1)N1CCOCC1. The van der Waals surface area contributed by atoms with Crippen LogP contribution in [0.25, 0.3) is 0 Å². The maximum atomic E-state index is 12.1. The molecule has 5 heteroatoms. The van der Waals surface area contributed by atoms with E-state index >= 15 is 0 Å². The predicted octanol–water partition coefficient (Wildman–Crippen LogP) is 2.54. The number of rotatable bonds is 6. The van der Waals surface area contributed by atoms with Gasteiger partial charge in [0.1, 0.15) is 12.4 Å². The van der Waals surface area contributed by atoms with Crippen molar-refractivity contribution in [2.75, 3.05) is 38.2 Å². The predicted molar refractivity (Wildman–Crippen MR) is 93.1 cm³/mol. The summed E-state index contributed by atoms with van der Waals surface area (Å²) in [4.78, 5) is 13.9. The van der Waals surface area contributed by atoms with E-state index in [9.17, 15) is 4.79 Å². The van der Waals surface area contributed by atoms with Crippen molar-refractivity contribution in [3.8, 4) is 5.75 Å². The van der Waals surface area contributed by atoms with E-state index in [1.165, 1.54) is 0 Å². The Hall–Kier alpha value is -2.53. The average Bonchev–Trinajstić information content (AvgIpc) is 2.67. The molecule has 126 valence electrons. The number of nitrogens with one attached hydrogen (secondary N) is 1. The fraction of sp³-hybridized carbons (Fsp3) is 0.316. The molecule has 0 spiro atoms. The molecular weight excluding hydrogens is 304 g/mol. The normalized spacial score (nSPS) is 14.2. The van der Waals surface area contributed by atoms with Crippen molar-refractivity contribution in [1.29, 1.82) is 0 Å². The van der Waals surface area contributed by atoms with Crippen LogP contribution >= 0.6 is 0 Å². The molecule has 0 unspecified atom stereocenters. The van der Waals surface area contributed by atoms with E-state index in [2.05, 4.69) is 5.32 Å². The zero-order chi connectivity index (χ0) is 16.6. The molecule has 2 aromatic rings. The van der Waals surface area contributed by atoms with E-state index in [0.29, 0.717) is 39.5 Å². The summed E-state index contributed by atoms with van der Waals surface area (Å²) in [5, 5.41) is 3.16. The van der Waals surface area contributed by atoms with Gasteiger partial charge in [-0.25, -0.2) is 0 Å². The van der Waals surface area contributed by atoms with Crippen LogP contribution in [0.15, 0.2) is 54.6 Å². The van der Waals surface area contributed by atoms with Gasteiger partial charge in [-0.1, -0.05) is 30.3 Å². The number of ether oxygens (including phenoxy) is 2. The fourth-order valence-corrected chi connectivity index (χ4v) is 2.51. The molecule has 0 aliphatic carbocycles. The summed E-state index contributed by atoms with van der Waals surface area (Å²) in [6, 6.07) is 17.7. The van der Waals surface area contributed by atoms with Crippen LogP contribution in [0.1, 0.15) is 5.56 Å². The fourth-order valence-electron chi connectivity index (χ4n) is 2.51. The highest BCUT2D eigenvalue weighted by molar-refractivity contribution is 5.81. The Morgan fingerprint density at radius 1 is 1.04 bits per heavy atom. The molecule has 1 saturated heterocycles. The van der Waals surface area contributed by atoms with Crippen molar-refractivity contribution >= 4 is 11.6 Å². The molecule has 0 saturated carbocycles. The van der Waals surface area contributed by atoms with Gasteiger partial charge in [0, 0.05) is 18.8 Å². The van der Waals surface area contributed by atoms with Gasteiger partial charge in [-0.05, 0) is 29.8 Å². The van der Waals surface area contributed by atoms with Crippen molar-refractivity contribution < 1.29 is 14.3 Å². The number of morpholine rings is 1. The van der Waals surface area contributed by atoms with Gasteiger partial charge in [0.25, 0.3) is 0 Å². The first-order chi connectivity index (χ1) is 11.8. The Labute approximate surface area is 142 Å². The highest BCUT2D eigenvalue weighted by Crippen LogP contribution is 2.17. The van der Waals surface area contributed by atoms with Crippen LogP contribution in [0.5, 0.6) is 5.75 Å². The zero-order valence-corrected chi connectivity index (χ0v) is 13.6. The van der Waals surface area contributed by atoms with E-state index in [4.69, 9.17) is 9.47 Å². The molecule has 0 radical (unpaired) electrons.